The molecule has 2 rings (SSSR count). The summed E-state index contributed by atoms with van der Waals surface area (Å²) in [4.78, 5) is 16.1. The van der Waals surface area contributed by atoms with Crippen molar-refractivity contribution < 1.29 is 9.18 Å². The van der Waals surface area contributed by atoms with Crippen LogP contribution in [0.4, 0.5) is 10.1 Å². The van der Waals surface area contributed by atoms with Gasteiger partial charge in [-0.2, -0.15) is 0 Å². The number of hydrogen-bond donors (Lipinski definition) is 1. The van der Waals surface area contributed by atoms with Crippen molar-refractivity contribution in [1.82, 2.24) is 4.90 Å². The summed E-state index contributed by atoms with van der Waals surface area (Å²) < 4.78 is 12.9. The molecule has 0 bridgehead atoms. The van der Waals surface area contributed by atoms with E-state index in [1.807, 2.05) is 11.8 Å². The number of anilines is 1. The molecule has 1 saturated heterocycles. The Labute approximate surface area is 119 Å². The standard InChI is InChI=1S/C15H22FN3O/c1-12(11-17)10-15(20)19-8-6-18(7-9-19)14-4-2-13(16)3-5-14/h2-5,12H,6-11,17H2,1H3. The van der Waals surface area contributed by atoms with Crippen molar-refractivity contribution in [3.05, 3.63) is 30.1 Å². The third-order valence-electron chi connectivity index (χ3n) is 3.75. The van der Waals surface area contributed by atoms with Crippen LogP contribution in [0, 0.1) is 11.7 Å². The molecule has 0 spiro atoms. The van der Waals surface area contributed by atoms with Gasteiger partial charge in [0.05, 0.1) is 0 Å². The molecule has 1 amide bonds. The van der Waals surface area contributed by atoms with Crippen LogP contribution in [0.25, 0.3) is 0 Å². The lowest BCUT2D eigenvalue weighted by molar-refractivity contribution is -0.132. The minimum absolute atomic E-state index is 0.182. The van der Waals surface area contributed by atoms with Gasteiger partial charge >= 0.3 is 0 Å². The Balaban J connectivity index is 1.86. The van der Waals surface area contributed by atoms with Crippen LogP contribution in [0.5, 0.6) is 0 Å². The van der Waals surface area contributed by atoms with E-state index in [0.29, 0.717) is 26.1 Å². The Hall–Kier alpha value is -1.62. The maximum atomic E-state index is 12.9. The normalized spacial score (nSPS) is 17.1. The molecular weight excluding hydrogens is 257 g/mol. The van der Waals surface area contributed by atoms with Crippen molar-refractivity contribution in [3.63, 3.8) is 0 Å². The molecule has 5 heteroatoms. The molecule has 2 N–H and O–H groups in total. The monoisotopic (exact) mass is 279 g/mol. The predicted molar refractivity (Wildman–Crippen MR) is 78.0 cm³/mol. The van der Waals surface area contributed by atoms with E-state index in [1.54, 1.807) is 12.1 Å². The van der Waals surface area contributed by atoms with Gasteiger partial charge in [-0.15, -0.1) is 0 Å². The molecule has 1 fully saturated rings. The first-order chi connectivity index (χ1) is 9.60. The lowest BCUT2D eigenvalue weighted by atomic mass is 10.1. The highest BCUT2D eigenvalue weighted by Gasteiger charge is 2.22. The molecule has 1 atom stereocenters. The van der Waals surface area contributed by atoms with Gasteiger partial charge in [0.15, 0.2) is 0 Å². The van der Waals surface area contributed by atoms with Crippen LogP contribution in [0.3, 0.4) is 0 Å². The molecule has 0 aliphatic carbocycles. The summed E-state index contributed by atoms with van der Waals surface area (Å²) in [5, 5.41) is 0. The second-order valence-corrected chi connectivity index (χ2v) is 5.39. The van der Waals surface area contributed by atoms with Gasteiger partial charge in [0, 0.05) is 38.3 Å². The highest BCUT2D eigenvalue weighted by Crippen LogP contribution is 2.17. The second kappa shape index (κ2) is 6.70. The predicted octanol–water partition coefficient (Wildman–Crippen LogP) is 1.46. The molecule has 1 aliphatic heterocycles. The van der Waals surface area contributed by atoms with Crippen LogP contribution in [0.1, 0.15) is 13.3 Å². The Morgan fingerprint density at radius 3 is 2.40 bits per heavy atom. The molecule has 1 unspecified atom stereocenters. The number of carbonyl (C=O) groups is 1. The van der Waals surface area contributed by atoms with Crippen molar-refractivity contribution in [3.8, 4) is 0 Å². The van der Waals surface area contributed by atoms with Crippen LogP contribution in [0.15, 0.2) is 24.3 Å². The van der Waals surface area contributed by atoms with Crippen LogP contribution in [-0.2, 0) is 4.79 Å². The third-order valence-corrected chi connectivity index (χ3v) is 3.75. The molecule has 0 aromatic heterocycles. The van der Waals surface area contributed by atoms with Crippen molar-refractivity contribution in [2.75, 3.05) is 37.6 Å². The Morgan fingerprint density at radius 1 is 1.25 bits per heavy atom. The Morgan fingerprint density at radius 2 is 1.85 bits per heavy atom. The number of halogens is 1. The van der Waals surface area contributed by atoms with E-state index in [9.17, 15) is 9.18 Å². The van der Waals surface area contributed by atoms with Gasteiger partial charge in [0.1, 0.15) is 5.82 Å². The van der Waals surface area contributed by atoms with Crippen LogP contribution in [-0.4, -0.2) is 43.5 Å². The summed E-state index contributed by atoms with van der Waals surface area (Å²) in [5.74, 6) is 0.192. The number of carbonyl (C=O) groups excluding carboxylic acids is 1. The van der Waals surface area contributed by atoms with E-state index in [2.05, 4.69) is 4.90 Å². The van der Waals surface area contributed by atoms with E-state index in [1.165, 1.54) is 12.1 Å². The van der Waals surface area contributed by atoms with Crippen LogP contribution >= 0.6 is 0 Å². The highest BCUT2D eigenvalue weighted by molar-refractivity contribution is 5.76. The maximum Gasteiger partial charge on any atom is 0.223 e. The fourth-order valence-corrected chi connectivity index (χ4v) is 2.38. The first-order valence-corrected chi connectivity index (χ1v) is 7.08. The summed E-state index contributed by atoms with van der Waals surface area (Å²) in [5.41, 5.74) is 6.56. The molecule has 1 aromatic rings. The number of benzene rings is 1. The first-order valence-electron chi connectivity index (χ1n) is 7.08. The molecule has 1 heterocycles. The van der Waals surface area contributed by atoms with Gasteiger partial charge in [0.25, 0.3) is 0 Å². The zero-order valence-corrected chi connectivity index (χ0v) is 11.9. The first kappa shape index (κ1) is 14.8. The minimum atomic E-state index is -0.224. The number of amides is 1. The van der Waals surface area contributed by atoms with Gasteiger partial charge in [-0.3, -0.25) is 4.79 Å². The molecular formula is C15H22FN3O. The Kier molecular flexibility index (Phi) is 4.95. The third kappa shape index (κ3) is 3.70. The van der Waals surface area contributed by atoms with Crippen LogP contribution in [0.2, 0.25) is 0 Å². The molecule has 1 aliphatic rings. The van der Waals surface area contributed by atoms with Crippen molar-refractivity contribution in [2.24, 2.45) is 11.7 Å². The molecule has 1 aromatic carbocycles. The van der Waals surface area contributed by atoms with Gasteiger partial charge in [-0.25, -0.2) is 4.39 Å². The highest BCUT2D eigenvalue weighted by atomic mass is 19.1. The summed E-state index contributed by atoms with van der Waals surface area (Å²) in [7, 11) is 0. The van der Waals surface area contributed by atoms with Gasteiger partial charge in [0.2, 0.25) is 5.91 Å². The number of rotatable bonds is 4. The summed E-state index contributed by atoms with van der Waals surface area (Å²) in [6.07, 6.45) is 0.521. The summed E-state index contributed by atoms with van der Waals surface area (Å²) in [6, 6.07) is 6.50. The van der Waals surface area contributed by atoms with Gasteiger partial charge in [-0.05, 0) is 36.7 Å². The summed E-state index contributed by atoms with van der Waals surface area (Å²) in [6.45, 7) is 5.54. The molecule has 0 saturated carbocycles. The fourth-order valence-electron chi connectivity index (χ4n) is 2.38. The van der Waals surface area contributed by atoms with Crippen molar-refractivity contribution in [1.29, 1.82) is 0 Å². The molecule has 20 heavy (non-hydrogen) atoms. The van der Waals surface area contributed by atoms with Gasteiger partial charge in [-0.1, -0.05) is 6.92 Å². The lowest BCUT2D eigenvalue weighted by Gasteiger charge is -2.36. The van der Waals surface area contributed by atoms with E-state index in [-0.39, 0.29) is 17.6 Å². The largest absolute Gasteiger partial charge is 0.368 e. The smallest absolute Gasteiger partial charge is 0.223 e. The molecule has 0 radical (unpaired) electrons. The number of nitrogens with two attached hydrogens (primary N) is 1. The zero-order valence-electron chi connectivity index (χ0n) is 11.9. The average molecular weight is 279 g/mol. The van der Waals surface area contributed by atoms with E-state index in [0.717, 1.165) is 18.8 Å². The second-order valence-electron chi connectivity index (χ2n) is 5.39. The zero-order chi connectivity index (χ0) is 14.5. The van der Waals surface area contributed by atoms with Crippen molar-refractivity contribution in [2.45, 2.75) is 13.3 Å². The lowest BCUT2D eigenvalue weighted by Crippen LogP contribution is -2.49. The SMILES string of the molecule is CC(CN)CC(=O)N1CCN(c2ccc(F)cc2)CC1. The Bertz CT molecular complexity index is 441. The topological polar surface area (TPSA) is 49.6 Å². The number of piperazine rings is 1. The van der Waals surface area contributed by atoms with E-state index in [4.69, 9.17) is 5.73 Å². The molecule has 110 valence electrons. The van der Waals surface area contributed by atoms with E-state index < -0.39 is 0 Å². The number of nitrogens with zero attached hydrogens (tertiary/aromatic N) is 2. The van der Waals surface area contributed by atoms with Crippen LogP contribution < -0.4 is 10.6 Å². The molecule has 4 nitrogen and oxygen atoms in total. The quantitative estimate of drug-likeness (QED) is 0.908. The van der Waals surface area contributed by atoms with E-state index >= 15 is 0 Å². The fraction of sp³-hybridized carbons (Fsp3) is 0.533. The number of hydrogen-bond acceptors (Lipinski definition) is 3. The maximum absolute atomic E-state index is 12.9. The average Bonchev–Trinajstić information content (AvgIpc) is 2.48. The minimum Gasteiger partial charge on any atom is -0.368 e. The van der Waals surface area contributed by atoms with Crippen molar-refractivity contribution >= 4 is 11.6 Å². The van der Waals surface area contributed by atoms with Gasteiger partial charge < -0.3 is 15.5 Å². The summed E-state index contributed by atoms with van der Waals surface area (Å²) >= 11 is 0.